The van der Waals surface area contributed by atoms with Crippen molar-refractivity contribution in [2.24, 2.45) is 0 Å². The molecular formula is C12H7N5. The zero-order valence-corrected chi connectivity index (χ0v) is 8.78. The average molecular weight is 221 g/mol. The number of nitrogens with zero attached hydrogens (tertiary/aromatic N) is 5. The molecular weight excluding hydrogens is 214 g/mol. The van der Waals surface area contributed by atoms with Gasteiger partial charge in [0.05, 0.1) is 11.9 Å². The third-order valence-electron chi connectivity index (χ3n) is 2.03. The average Bonchev–Trinajstić information content (AvgIpc) is 2.85. The fourth-order valence-corrected chi connectivity index (χ4v) is 1.26. The zero-order chi connectivity index (χ0) is 12.1. The molecule has 0 N–H and O–H groups in total. The summed E-state index contributed by atoms with van der Waals surface area (Å²) >= 11 is 0. The van der Waals surface area contributed by atoms with Crippen LogP contribution in [-0.4, -0.2) is 15.0 Å². The van der Waals surface area contributed by atoms with Gasteiger partial charge in [-0.3, -0.25) is 0 Å². The minimum Gasteiger partial charge on any atom is -0.192 e. The molecule has 0 aliphatic heterocycles. The summed E-state index contributed by atoms with van der Waals surface area (Å²) in [5.41, 5.74) is 1.31. The largest absolute Gasteiger partial charge is 0.192 e. The standard InChI is InChI=1S/C12H7N5/c13-7-10(8-14)6-11-9-15-17(16-11)12-4-2-1-3-5-12/h1-6,9H. The van der Waals surface area contributed by atoms with Crippen LogP contribution in [0, 0.1) is 22.7 Å². The van der Waals surface area contributed by atoms with E-state index in [-0.39, 0.29) is 5.57 Å². The number of aromatic nitrogens is 3. The SMILES string of the molecule is N#CC(C#N)=Cc1cnn(-c2ccccc2)n1. The Labute approximate surface area is 97.8 Å². The summed E-state index contributed by atoms with van der Waals surface area (Å²) in [6.45, 7) is 0. The Morgan fingerprint density at radius 1 is 1.18 bits per heavy atom. The maximum absolute atomic E-state index is 8.62. The molecule has 0 saturated heterocycles. The van der Waals surface area contributed by atoms with E-state index in [9.17, 15) is 0 Å². The summed E-state index contributed by atoms with van der Waals surface area (Å²) in [7, 11) is 0. The first-order valence-electron chi connectivity index (χ1n) is 4.83. The van der Waals surface area contributed by atoms with Gasteiger partial charge >= 0.3 is 0 Å². The first kappa shape index (κ1) is 10.6. The van der Waals surface area contributed by atoms with Crippen LogP contribution in [0.15, 0.2) is 42.1 Å². The molecule has 0 amide bonds. The molecule has 2 aromatic rings. The first-order chi connectivity index (χ1) is 8.33. The summed E-state index contributed by atoms with van der Waals surface area (Å²) in [5.74, 6) is 0. The van der Waals surface area contributed by atoms with Crippen LogP contribution in [0.1, 0.15) is 5.69 Å². The van der Waals surface area contributed by atoms with Crippen LogP contribution in [0.25, 0.3) is 11.8 Å². The lowest BCUT2D eigenvalue weighted by molar-refractivity contribution is 0.750. The second kappa shape index (κ2) is 4.73. The van der Waals surface area contributed by atoms with Gasteiger partial charge < -0.3 is 0 Å². The maximum Gasteiger partial charge on any atom is 0.131 e. The molecule has 0 atom stereocenters. The highest BCUT2D eigenvalue weighted by Crippen LogP contribution is 2.06. The number of benzene rings is 1. The van der Waals surface area contributed by atoms with Crippen molar-refractivity contribution in [2.45, 2.75) is 0 Å². The molecule has 0 unspecified atom stereocenters. The molecule has 80 valence electrons. The van der Waals surface area contributed by atoms with Gasteiger partial charge in [-0.25, -0.2) is 0 Å². The lowest BCUT2D eigenvalue weighted by Gasteiger charge is -1.96. The summed E-state index contributed by atoms with van der Waals surface area (Å²) in [4.78, 5) is 1.44. The van der Waals surface area contributed by atoms with Crippen LogP contribution in [0.3, 0.4) is 0 Å². The molecule has 0 spiro atoms. The summed E-state index contributed by atoms with van der Waals surface area (Å²) in [6.07, 6.45) is 2.90. The van der Waals surface area contributed by atoms with E-state index in [4.69, 9.17) is 10.5 Å². The van der Waals surface area contributed by atoms with Crippen LogP contribution in [0.5, 0.6) is 0 Å². The van der Waals surface area contributed by atoms with Crippen molar-refractivity contribution in [3.05, 3.63) is 47.8 Å². The Bertz CT molecular complexity index is 609. The lowest BCUT2D eigenvalue weighted by atomic mass is 10.3. The Morgan fingerprint density at radius 3 is 2.53 bits per heavy atom. The van der Waals surface area contributed by atoms with Crippen LogP contribution >= 0.6 is 0 Å². The second-order valence-corrected chi connectivity index (χ2v) is 3.18. The van der Waals surface area contributed by atoms with Gasteiger partial charge in [-0.15, -0.1) is 5.10 Å². The van der Waals surface area contributed by atoms with Gasteiger partial charge in [0.15, 0.2) is 0 Å². The first-order valence-corrected chi connectivity index (χ1v) is 4.83. The Morgan fingerprint density at radius 2 is 1.88 bits per heavy atom. The predicted molar refractivity (Wildman–Crippen MR) is 60.6 cm³/mol. The molecule has 0 radical (unpaired) electrons. The van der Waals surface area contributed by atoms with Gasteiger partial charge in [-0.1, -0.05) is 18.2 Å². The third-order valence-corrected chi connectivity index (χ3v) is 2.03. The van der Waals surface area contributed by atoms with Crippen LogP contribution in [-0.2, 0) is 0 Å². The number of hydrogen-bond donors (Lipinski definition) is 0. The van der Waals surface area contributed by atoms with Crippen molar-refractivity contribution in [2.75, 3.05) is 0 Å². The molecule has 2 rings (SSSR count). The minimum absolute atomic E-state index is 0.00473. The highest BCUT2D eigenvalue weighted by atomic mass is 15.5. The summed E-state index contributed by atoms with van der Waals surface area (Å²) in [5, 5.41) is 25.4. The molecule has 17 heavy (non-hydrogen) atoms. The topological polar surface area (TPSA) is 78.3 Å². The van der Waals surface area contributed by atoms with E-state index >= 15 is 0 Å². The maximum atomic E-state index is 8.62. The van der Waals surface area contributed by atoms with Crippen molar-refractivity contribution >= 4 is 6.08 Å². The summed E-state index contributed by atoms with van der Waals surface area (Å²) < 4.78 is 0. The van der Waals surface area contributed by atoms with Gasteiger partial charge in [0.1, 0.15) is 23.4 Å². The lowest BCUT2D eigenvalue weighted by Crippen LogP contribution is -1.97. The quantitative estimate of drug-likeness (QED) is 0.723. The van der Waals surface area contributed by atoms with E-state index in [1.165, 1.54) is 17.1 Å². The summed E-state index contributed by atoms with van der Waals surface area (Å²) in [6, 6.07) is 12.9. The van der Waals surface area contributed by atoms with E-state index < -0.39 is 0 Å². The zero-order valence-electron chi connectivity index (χ0n) is 8.78. The number of para-hydroxylation sites is 1. The van der Waals surface area contributed by atoms with Crippen LogP contribution < -0.4 is 0 Å². The van der Waals surface area contributed by atoms with Crippen LogP contribution in [0.2, 0.25) is 0 Å². The molecule has 0 bridgehead atoms. The van der Waals surface area contributed by atoms with Crippen molar-refractivity contribution < 1.29 is 0 Å². The normalized spacial score (nSPS) is 9.06. The molecule has 0 saturated carbocycles. The number of rotatable bonds is 2. The monoisotopic (exact) mass is 221 g/mol. The molecule has 5 nitrogen and oxygen atoms in total. The van der Waals surface area contributed by atoms with E-state index in [2.05, 4.69) is 10.2 Å². The number of hydrogen-bond acceptors (Lipinski definition) is 4. The molecule has 0 aliphatic carbocycles. The highest BCUT2D eigenvalue weighted by Gasteiger charge is 2.01. The van der Waals surface area contributed by atoms with Gasteiger partial charge in [0.25, 0.3) is 0 Å². The van der Waals surface area contributed by atoms with E-state index in [1.807, 2.05) is 30.3 Å². The Kier molecular flexibility index (Phi) is 2.95. The van der Waals surface area contributed by atoms with Crippen molar-refractivity contribution in [1.29, 1.82) is 10.5 Å². The number of nitriles is 2. The van der Waals surface area contributed by atoms with Crippen molar-refractivity contribution in [3.8, 4) is 17.8 Å². The van der Waals surface area contributed by atoms with E-state index in [0.29, 0.717) is 5.69 Å². The molecule has 0 aliphatic rings. The molecule has 0 fully saturated rings. The molecule has 1 aromatic carbocycles. The fourth-order valence-electron chi connectivity index (χ4n) is 1.26. The Balaban J connectivity index is 2.33. The third kappa shape index (κ3) is 2.36. The highest BCUT2D eigenvalue weighted by molar-refractivity contribution is 5.58. The Hall–Kier alpha value is -2.92. The molecule has 1 heterocycles. The van der Waals surface area contributed by atoms with E-state index in [1.54, 1.807) is 12.1 Å². The van der Waals surface area contributed by atoms with Gasteiger partial charge in [0, 0.05) is 0 Å². The van der Waals surface area contributed by atoms with Crippen molar-refractivity contribution in [3.63, 3.8) is 0 Å². The minimum atomic E-state index is 0.00473. The van der Waals surface area contributed by atoms with Crippen LogP contribution in [0.4, 0.5) is 0 Å². The van der Waals surface area contributed by atoms with Gasteiger partial charge in [0.2, 0.25) is 0 Å². The van der Waals surface area contributed by atoms with Crippen molar-refractivity contribution in [1.82, 2.24) is 15.0 Å². The molecule has 5 heteroatoms. The second-order valence-electron chi connectivity index (χ2n) is 3.18. The van der Waals surface area contributed by atoms with Gasteiger partial charge in [-0.05, 0) is 18.2 Å². The molecule has 1 aromatic heterocycles. The predicted octanol–water partition coefficient (Wildman–Crippen LogP) is 1.70. The van der Waals surface area contributed by atoms with E-state index in [0.717, 1.165) is 5.69 Å². The number of allylic oxidation sites excluding steroid dienone is 1. The smallest absolute Gasteiger partial charge is 0.131 e. The fraction of sp³-hybridized carbons (Fsp3) is 0. The van der Waals surface area contributed by atoms with Gasteiger partial charge in [-0.2, -0.15) is 20.4 Å².